The standard InChI is InChI=1S/C8H10N2O3S2/c11-6-4-15(12,13)5-7(6)14-8-9-2-1-3-10-8/h1-3,6-7,11H,4-5H2/t6-,7-/m1/s1. The van der Waals surface area contributed by atoms with Gasteiger partial charge < -0.3 is 5.11 Å². The van der Waals surface area contributed by atoms with Gasteiger partial charge in [0.1, 0.15) is 0 Å². The van der Waals surface area contributed by atoms with Crippen LogP contribution in [0.3, 0.4) is 0 Å². The van der Waals surface area contributed by atoms with Crippen LogP contribution in [0.15, 0.2) is 23.6 Å². The second-order valence-electron chi connectivity index (χ2n) is 3.33. The highest BCUT2D eigenvalue weighted by Crippen LogP contribution is 2.28. The molecule has 1 saturated heterocycles. The Morgan fingerprint density at radius 2 is 2.00 bits per heavy atom. The lowest BCUT2D eigenvalue weighted by Gasteiger charge is -2.09. The second-order valence-corrected chi connectivity index (χ2v) is 6.69. The molecule has 0 spiro atoms. The first-order chi connectivity index (χ1) is 7.07. The fourth-order valence-corrected chi connectivity index (χ4v) is 4.79. The summed E-state index contributed by atoms with van der Waals surface area (Å²) >= 11 is 1.21. The SMILES string of the molecule is O=S1(=O)C[C@@H](O)[C@H](Sc2ncccn2)C1. The molecular weight excluding hydrogens is 236 g/mol. The Hall–Kier alpha value is -0.660. The Morgan fingerprint density at radius 1 is 1.33 bits per heavy atom. The minimum atomic E-state index is -3.09. The largest absolute Gasteiger partial charge is 0.391 e. The number of aromatic nitrogens is 2. The Morgan fingerprint density at radius 3 is 2.53 bits per heavy atom. The van der Waals surface area contributed by atoms with Crippen molar-refractivity contribution in [2.24, 2.45) is 0 Å². The number of hydrogen-bond acceptors (Lipinski definition) is 6. The van der Waals surface area contributed by atoms with Crippen LogP contribution < -0.4 is 0 Å². The van der Waals surface area contributed by atoms with Crippen molar-refractivity contribution >= 4 is 21.6 Å². The molecule has 2 atom stereocenters. The number of hydrogen-bond donors (Lipinski definition) is 1. The highest BCUT2D eigenvalue weighted by molar-refractivity contribution is 8.01. The molecule has 15 heavy (non-hydrogen) atoms. The molecule has 5 nitrogen and oxygen atoms in total. The highest BCUT2D eigenvalue weighted by atomic mass is 32.2. The van der Waals surface area contributed by atoms with Crippen LogP contribution in [-0.4, -0.2) is 46.4 Å². The number of rotatable bonds is 2. The second kappa shape index (κ2) is 4.07. The van der Waals surface area contributed by atoms with Crippen molar-refractivity contribution in [1.29, 1.82) is 0 Å². The summed E-state index contributed by atoms with van der Waals surface area (Å²) in [6, 6.07) is 1.69. The van der Waals surface area contributed by atoms with Gasteiger partial charge in [-0.05, 0) is 6.07 Å². The first kappa shape index (κ1) is 10.8. The van der Waals surface area contributed by atoms with E-state index in [0.29, 0.717) is 5.16 Å². The molecule has 82 valence electrons. The molecule has 0 aliphatic carbocycles. The van der Waals surface area contributed by atoms with Gasteiger partial charge in [-0.15, -0.1) is 0 Å². The summed E-state index contributed by atoms with van der Waals surface area (Å²) < 4.78 is 22.5. The molecule has 0 bridgehead atoms. The van der Waals surface area contributed by atoms with Crippen molar-refractivity contribution in [3.63, 3.8) is 0 Å². The molecule has 1 aliphatic rings. The molecule has 0 unspecified atom stereocenters. The van der Waals surface area contributed by atoms with E-state index in [1.165, 1.54) is 11.8 Å². The zero-order valence-electron chi connectivity index (χ0n) is 7.78. The van der Waals surface area contributed by atoms with E-state index in [4.69, 9.17) is 0 Å². The maximum atomic E-state index is 11.2. The Bertz CT molecular complexity index is 434. The molecule has 0 saturated carbocycles. The third-order valence-electron chi connectivity index (χ3n) is 2.07. The van der Waals surface area contributed by atoms with Crippen LogP contribution >= 0.6 is 11.8 Å². The van der Waals surface area contributed by atoms with Gasteiger partial charge in [-0.2, -0.15) is 0 Å². The van der Waals surface area contributed by atoms with E-state index in [9.17, 15) is 13.5 Å². The maximum absolute atomic E-state index is 11.2. The average Bonchev–Trinajstić information content (AvgIpc) is 2.41. The summed E-state index contributed by atoms with van der Waals surface area (Å²) in [5.41, 5.74) is 0. The van der Waals surface area contributed by atoms with Crippen molar-refractivity contribution < 1.29 is 13.5 Å². The highest BCUT2D eigenvalue weighted by Gasteiger charge is 2.37. The summed E-state index contributed by atoms with van der Waals surface area (Å²) in [5.74, 6) is -0.158. The van der Waals surface area contributed by atoms with Crippen LogP contribution in [0.25, 0.3) is 0 Å². The molecule has 1 N–H and O–H groups in total. The third kappa shape index (κ3) is 2.67. The first-order valence-electron chi connectivity index (χ1n) is 4.39. The van der Waals surface area contributed by atoms with Crippen LogP contribution in [0.5, 0.6) is 0 Å². The van der Waals surface area contributed by atoms with Crippen LogP contribution in [0, 0.1) is 0 Å². The summed E-state index contributed by atoms with van der Waals surface area (Å²) in [6.07, 6.45) is 2.36. The number of aliphatic hydroxyl groups excluding tert-OH is 1. The predicted molar refractivity (Wildman–Crippen MR) is 56.3 cm³/mol. The van der Waals surface area contributed by atoms with Gasteiger partial charge in [-0.25, -0.2) is 18.4 Å². The van der Waals surface area contributed by atoms with Gasteiger partial charge in [0.2, 0.25) is 0 Å². The zero-order chi connectivity index (χ0) is 10.9. The van der Waals surface area contributed by atoms with E-state index < -0.39 is 15.9 Å². The molecule has 1 aliphatic heterocycles. The van der Waals surface area contributed by atoms with Crippen molar-refractivity contribution in [2.45, 2.75) is 16.5 Å². The molecule has 1 aromatic heterocycles. The number of sulfone groups is 1. The molecule has 1 fully saturated rings. The van der Waals surface area contributed by atoms with E-state index in [1.807, 2.05) is 0 Å². The number of thioether (sulfide) groups is 1. The molecule has 1 aromatic rings. The van der Waals surface area contributed by atoms with Gasteiger partial charge in [-0.1, -0.05) is 11.8 Å². The summed E-state index contributed by atoms with van der Waals surface area (Å²) in [5, 5.41) is 9.68. The molecular formula is C8H10N2O3S2. The maximum Gasteiger partial charge on any atom is 0.187 e. The Labute approximate surface area is 91.9 Å². The van der Waals surface area contributed by atoms with E-state index >= 15 is 0 Å². The van der Waals surface area contributed by atoms with Gasteiger partial charge in [-0.3, -0.25) is 0 Å². The molecule has 2 heterocycles. The average molecular weight is 246 g/mol. The zero-order valence-corrected chi connectivity index (χ0v) is 9.41. The summed E-state index contributed by atoms with van der Waals surface area (Å²) in [4.78, 5) is 7.94. The predicted octanol–water partition coefficient (Wildman–Crippen LogP) is -0.273. The fraction of sp³-hybridized carbons (Fsp3) is 0.500. The van der Waals surface area contributed by atoms with Gasteiger partial charge in [0.15, 0.2) is 15.0 Å². The first-order valence-corrected chi connectivity index (χ1v) is 7.09. The Balaban J connectivity index is 2.08. The number of nitrogens with zero attached hydrogens (tertiary/aromatic N) is 2. The minimum Gasteiger partial charge on any atom is -0.391 e. The van der Waals surface area contributed by atoms with Crippen molar-refractivity contribution in [3.05, 3.63) is 18.5 Å². The Kier molecular flexibility index (Phi) is 2.94. The normalized spacial score (nSPS) is 29.1. The lowest BCUT2D eigenvalue weighted by Crippen LogP contribution is -2.20. The van der Waals surface area contributed by atoms with E-state index in [2.05, 4.69) is 9.97 Å². The van der Waals surface area contributed by atoms with Gasteiger partial charge in [0, 0.05) is 12.4 Å². The number of aliphatic hydroxyl groups is 1. The lowest BCUT2D eigenvalue weighted by molar-refractivity contribution is 0.207. The van der Waals surface area contributed by atoms with Gasteiger partial charge >= 0.3 is 0 Å². The van der Waals surface area contributed by atoms with Gasteiger partial charge in [0.05, 0.1) is 22.9 Å². The van der Waals surface area contributed by atoms with Gasteiger partial charge in [0.25, 0.3) is 0 Å². The van der Waals surface area contributed by atoms with E-state index in [0.717, 1.165) is 0 Å². The minimum absolute atomic E-state index is 0.00289. The van der Waals surface area contributed by atoms with Crippen LogP contribution in [-0.2, 0) is 9.84 Å². The van der Waals surface area contributed by atoms with Crippen molar-refractivity contribution in [1.82, 2.24) is 9.97 Å². The summed E-state index contributed by atoms with van der Waals surface area (Å²) in [7, 11) is -3.09. The molecule has 0 amide bonds. The van der Waals surface area contributed by atoms with E-state index in [1.54, 1.807) is 18.5 Å². The molecule has 0 radical (unpaired) electrons. The van der Waals surface area contributed by atoms with Crippen LogP contribution in [0.1, 0.15) is 0 Å². The van der Waals surface area contributed by atoms with Crippen molar-refractivity contribution in [3.8, 4) is 0 Å². The van der Waals surface area contributed by atoms with Crippen LogP contribution in [0.4, 0.5) is 0 Å². The molecule has 0 aromatic carbocycles. The fourth-order valence-electron chi connectivity index (χ4n) is 1.39. The molecule has 2 rings (SSSR count). The van der Waals surface area contributed by atoms with E-state index in [-0.39, 0.29) is 16.8 Å². The smallest absolute Gasteiger partial charge is 0.187 e. The quantitative estimate of drug-likeness (QED) is 0.723. The van der Waals surface area contributed by atoms with Crippen LogP contribution in [0.2, 0.25) is 0 Å². The monoisotopic (exact) mass is 246 g/mol. The topological polar surface area (TPSA) is 80.2 Å². The third-order valence-corrected chi connectivity index (χ3v) is 5.20. The molecule has 7 heteroatoms. The lowest BCUT2D eigenvalue weighted by atomic mass is 10.3. The summed E-state index contributed by atoms with van der Waals surface area (Å²) in [6.45, 7) is 0. The van der Waals surface area contributed by atoms with Crippen molar-refractivity contribution in [2.75, 3.05) is 11.5 Å².